The number of benzene rings is 1. The van der Waals surface area contributed by atoms with E-state index in [1.54, 1.807) is 42.6 Å². The first-order valence-electron chi connectivity index (χ1n) is 8.55. The van der Waals surface area contributed by atoms with Crippen molar-refractivity contribution in [1.82, 2.24) is 9.88 Å². The van der Waals surface area contributed by atoms with Crippen molar-refractivity contribution in [2.75, 3.05) is 13.2 Å². The van der Waals surface area contributed by atoms with Crippen LogP contribution in [0.25, 0.3) is 0 Å². The summed E-state index contributed by atoms with van der Waals surface area (Å²) in [6.45, 7) is 0.849. The second-order valence-electron chi connectivity index (χ2n) is 6.16. The Labute approximate surface area is 151 Å². The Kier molecular flexibility index (Phi) is 6.04. The maximum absolute atomic E-state index is 12.3. The van der Waals surface area contributed by atoms with Crippen LogP contribution < -0.4 is 15.6 Å². The molecule has 0 bridgehead atoms. The molecule has 0 unspecified atom stereocenters. The maximum atomic E-state index is 12.3. The highest BCUT2D eigenvalue weighted by atomic mass is 16.5. The van der Waals surface area contributed by atoms with Gasteiger partial charge in [0.1, 0.15) is 18.4 Å². The van der Waals surface area contributed by atoms with Gasteiger partial charge in [-0.2, -0.15) is 0 Å². The molecule has 2 atom stereocenters. The molecule has 7 nitrogen and oxygen atoms in total. The van der Waals surface area contributed by atoms with Gasteiger partial charge >= 0.3 is 0 Å². The topological polar surface area (TPSA) is 89.8 Å². The number of aromatic nitrogens is 1. The Morgan fingerprint density at radius 2 is 2.08 bits per heavy atom. The summed E-state index contributed by atoms with van der Waals surface area (Å²) < 4.78 is 12.8. The lowest BCUT2D eigenvalue weighted by atomic mass is 10.1. The Balaban J connectivity index is 1.61. The minimum absolute atomic E-state index is 0.0188. The molecule has 0 radical (unpaired) electrons. The van der Waals surface area contributed by atoms with Crippen LogP contribution in [0.3, 0.4) is 0 Å². The zero-order valence-corrected chi connectivity index (χ0v) is 14.3. The van der Waals surface area contributed by atoms with Crippen LogP contribution in [0.1, 0.15) is 12.0 Å². The number of rotatable bonds is 6. The normalized spacial score (nSPS) is 19.7. The van der Waals surface area contributed by atoms with Gasteiger partial charge in [-0.25, -0.2) is 0 Å². The fourth-order valence-electron chi connectivity index (χ4n) is 2.84. The third-order valence-electron chi connectivity index (χ3n) is 4.25. The molecule has 138 valence electrons. The molecular weight excluding hydrogens is 336 g/mol. The van der Waals surface area contributed by atoms with Crippen LogP contribution in [0, 0.1) is 0 Å². The molecule has 0 spiro atoms. The van der Waals surface area contributed by atoms with Crippen molar-refractivity contribution in [3.63, 3.8) is 0 Å². The third kappa shape index (κ3) is 4.71. The molecule has 2 heterocycles. The summed E-state index contributed by atoms with van der Waals surface area (Å²) in [5.74, 6) is 0.408. The molecule has 26 heavy (non-hydrogen) atoms. The molecule has 3 rings (SSSR count). The van der Waals surface area contributed by atoms with E-state index < -0.39 is 0 Å². The number of hydrogen-bond donors (Lipinski definition) is 2. The van der Waals surface area contributed by atoms with Gasteiger partial charge in [0.2, 0.25) is 5.91 Å². The molecular formula is C19H22N2O5. The third-order valence-corrected chi connectivity index (χ3v) is 4.25. The minimum Gasteiger partial charge on any atom is -0.488 e. The number of aliphatic hydroxyl groups excluding tert-OH is 1. The smallest absolute Gasteiger partial charge is 0.250 e. The van der Waals surface area contributed by atoms with E-state index in [-0.39, 0.29) is 36.8 Å². The van der Waals surface area contributed by atoms with Crippen molar-refractivity contribution in [2.24, 2.45) is 0 Å². The van der Waals surface area contributed by atoms with E-state index in [1.807, 2.05) is 0 Å². The number of aliphatic hydroxyl groups is 1. The Morgan fingerprint density at radius 1 is 1.27 bits per heavy atom. The highest BCUT2D eigenvalue weighted by Gasteiger charge is 2.29. The van der Waals surface area contributed by atoms with Crippen LogP contribution in [-0.2, 0) is 22.7 Å². The average molecular weight is 358 g/mol. The van der Waals surface area contributed by atoms with Gasteiger partial charge < -0.3 is 24.5 Å². The number of amides is 1. The van der Waals surface area contributed by atoms with Crippen LogP contribution in [0.15, 0.2) is 53.5 Å². The molecule has 2 aromatic rings. The second kappa shape index (κ2) is 8.64. The van der Waals surface area contributed by atoms with Gasteiger partial charge in [0, 0.05) is 18.7 Å². The second-order valence-corrected chi connectivity index (χ2v) is 6.16. The summed E-state index contributed by atoms with van der Waals surface area (Å²) in [5.41, 5.74) is 0.585. The van der Waals surface area contributed by atoms with E-state index in [1.165, 1.54) is 10.6 Å². The van der Waals surface area contributed by atoms with E-state index in [0.29, 0.717) is 25.4 Å². The van der Waals surface area contributed by atoms with Crippen LogP contribution in [0.4, 0.5) is 0 Å². The number of hydrogen-bond acceptors (Lipinski definition) is 5. The first kappa shape index (κ1) is 18.2. The van der Waals surface area contributed by atoms with Crippen molar-refractivity contribution in [2.45, 2.75) is 31.7 Å². The maximum Gasteiger partial charge on any atom is 0.250 e. The summed E-state index contributed by atoms with van der Waals surface area (Å²) in [4.78, 5) is 24.0. The predicted octanol–water partition coefficient (Wildman–Crippen LogP) is 0.693. The molecule has 1 aromatic heterocycles. The van der Waals surface area contributed by atoms with Crippen molar-refractivity contribution in [1.29, 1.82) is 0 Å². The van der Waals surface area contributed by atoms with E-state index >= 15 is 0 Å². The van der Waals surface area contributed by atoms with Crippen molar-refractivity contribution < 1.29 is 19.4 Å². The summed E-state index contributed by atoms with van der Waals surface area (Å²) in [6, 6.07) is 11.6. The molecule has 1 aliphatic heterocycles. The first-order valence-corrected chi connectivity index (χ1v) is 8.55. The van der Waals surface area contributed by atoms with Gasteiger partial charge in [0.05, 0.1) is 25.9 Å². The molecule has 1 saturated heterocycles. The molecule has 1 fully saturated rings. The molecule has 1 aromatic carbocycles. The Bertz CT molecular complexity index is 787. The Morgan fingerprint density at radius 3 is 2.81 bits per heavy atom. The predicted molar refractivity (Wildman–Crippen MR) is 94.8 cm³/mol. The van der Waals surface area contributed by atoms with Crippen LogP contribution in [0.5, 0.6) is 5.75 Å². The highest BCUT2D eigenvalue weighted by Crippen LogP contribution is 2.19. The minimum atomic E-state index is -0.298. The van der Waals surface area contributed by atoms with Crippen molar-refractivity contribution in [3.8, 4) is 5.75 Å². The number of carbonyl (C=O) groups is 1. The number of pyridine rings is 1. The monoisotopic (exact) mass is 358 g/mol. The van der Waals surface area contributed by atoms with Gasteiger partial charge in [0.25, 0.3) is 5.56 Å². The van der Waals surface area contributed by atoms with Gasteiger partial charge in [0.15, 0.2) is 0 Å². The first-order chi connectivity index (χ1) is 12.7. The molecule has 7 heteroatoms. The van der Waals surface area contributed by atoms with Gasteiger partial charge in [-0.15, -0.1) is 0 Å². The fraction of sp³-hybridized carbons (Fsp3) is 0.368. The number of carbonyl (C=O) groups excluding carboxylic acids is 1. The van der Waals surface area contributed by atoms with E-state index in [9.17, 15) is 9.59 Å². The van der Waals surface area contributed by atoms with Crippen LogP contribution >= 0.6 is 0 Å². The summed E-state index contributed by atoms with van der Waals surface area (Å²) in [7, 11) is 0. The number of nitrogens with zero attached hydrogens (tertiary/aromatic N) is 1. The summed E-state index contributed by atoms with van der Waals surface area (Å²) in [5, 5.41) is 12.0. The largest absolute Gasteiger partial charge is 0.488 e. The molecule has 1 aliphatic rings. The average Bonchev–Trinajstić information content (AvgIpc) is 2.66. The molecule has 0 aliphatic carbocycles. The standard InChI is InChI=1S/C19H22N2O5/c22-12-14-4-6-15(7-5-14)26-17-8-10-25-13-16(17)20-18(23)11-21-9-2-1-3-19(21)24/h1-7,9,16-17,22H,8,10-13H2,(H,20,23)/t16-,17-/m1/s1. The molecule has 0 saturated carbocycles. The van der Waals surface area contributed by atoms with E-state index in [2.05, 4.69) is 5.32 Å². The fourth-order valence-corrected chi connectivity index (χ4v) is 2.84. The zero-order valence-electron chi connectivity index (χ0n) is 14.3. The van der Waals surface area contributed by atoms with Crippen LogP contribution in [0.2, 0.25) is 0 Å². The number of nitrogens with one attached hydrogen (secondary N) is 1. The summed E-state index contributed by atoms with van der Waals surface area (Å²) >= 11 is 0. The van der Waals surface area contributed by atoms with E-state index in [0.717, 1.165) is 5.56 Å². The van der Waals surface area contributed by atoms with Gasteiger partial charge in [-0.05, 0) is 23.8 Å². The highest BCUT2D eigenvalue weighted by molar-refractivity contribution is 5.76. The molecule has 1 amide bonds. The van der Waals surface area contributed by atoms with Crippen molar-refractivity contribution in [3.05, 3.63) is 64.6 Å². The van der Waals surface area contributed by atoms with Gasteiger partial charge in [-0.1, -0.05) is 18.2 Å². The van der Waals surface area contributed by atoms with Gasteiger partial charge in [-0.3, -0.25) is 9.59 Å². The summed E-state index contributed by atoms with van der Waals surface area (Å²) in [6.07, 6.45) is 2.01. The quantitative estimate of drug-likeness (QED) is 0.793. The lowest BCUT2D eigenvalue weighted by Crippen LogP contribution is -2.52. The van der Waals surface area contributed by atoms with E-state index in [4.69, 9.17) is 14.6 Å². The van der Waals surface area contributed by atoms with Crippen LogP contribution in [-0.4, -0.2) is 40.9 Å². The lowest BCUT2D eigenvalue weighted by molar-refractivity contribution is -0.124. The Hall–Kier alpha value is -2.64. The number of ether oxygens (including phenoxy) is 2. The lowest BCUT2D eigenvalue weighted by Gasteiger charge is -2.32. The molecule has 2 N–H and O–H groups in total. The SMILES string of the molecule is O=C(Cn1ccccc1=O)N[C@@H]1COCC[C@H]1Oc1ccc(CO)cc1. The zero-order chi connectivity index (χ0) is 18.4. The van der Waals surface area contributed by atoms with Crippen molar-refractivity contribution >= 4 is 5.91 Å².